The van der Waals surface area contributed by atoms with Crippen LogP contribution in [0.1, 0.15) is 47.2 Å². The van der Waals surface area contributed by atoms with Gasteiger partial charge in [-0.05, 0) is 55.2 Å². The second-order valence-electron chi connectivity index (χ2n) is 8.33. The van der Waals surface area contributed by atoms with Gasteiger partial charge >= 0.3 is 0 Å². The highest BCUT2D eigenvalue weighted by atomic mass is 16.3. The number of piperidine rings is 1. The van der Waals surface area contributed by atoms with Gasteiger partial charge in [-0.2, -0.15) is 0 Å². The fourth-order valence-electron chi connectivity index (χ4n) is 4.41. The zero-order valence-electron chi connectivity index (χ0n) is 17.9. The van der Waals surface area contributed by atoms with E-state index in [1.54, 1.807) is 0 Å². The molecule has 31 heavy (non-hydrogen) atoms. The Labute approximate surface area is 184 Å². The van der Waals surface area contributed by atoms with Gasteiger partial charge in [0.05, 0.1) is 6.10 Å². The molecule has 1 saturated heterocycles. The van der Waals surface area contributed by atoms with E-state index in [9.17, 15) is 9.90 Å². The third kappa shape index (κ3) is 5.15. The van der Waals surface area contributed by atoms with Crippen molar-refractivity contribution in [1.82, 2.24) is 5.32 Å². The van der Waals surface area contributed by atoms with Crippen molar-refractivity contribution < 1.29 is 9.90 Å². The van der Waals surface area contributed by atoms with E-state index in [-0.39, 0.29) is 24.0 Å². The molecule has 3 aromatic rings. The summed E-state index contributed by atoms with van der Waals surface area (Å²) in [6.07, 6.45) is 1.39. The van der Waals surface area contributed by atoms with Crippen LogP contribution in [-0.4, -0.2) is 36.2 Å². The average Bonchev–Trinajstić information content (AvgIpc) is 2.81. The third-order valence-corrected chi connectivity index (χ3v) is 6.14. The van der Waals surface area contributed by atoms with Gasteiger partial charge in [-0.3, -0.25) is 4.79 Å². The molecule has 0 aromatic heterocycles. The molecule has 0 spiro atoms. The second kappa shape index (κ2) is 9.80. The van der Waals surface area contributed by atoms with E-state index in [1.807, 2.05) is 60.7 Å². The van der Waals surface area contributed by atoms with Gasteiger partial charge in [0.2, 0.25) is 0 Å². The van der Waals surface area contributed by atoms with E-state index in [0.29, 0.717) is 5.56 Å². The van der Waals surface area contributed by atoms with Crippen LogP contribution in [0, 0.1) is 0 Å². The molecule has 3 aromatic carbocycles. The molecule has 4 rings (SSSR count). The zero-order chi connectivity index (χ0) is 21.6. The molecule has 1 heterocycles. The minimum absolute atomic E-state index is 0.0648. The molecule has 1 amide bonds. The molecule has 0 aliphatic carbocycles. The van der Waals surface area contributed by atoms with Crippen LogP contribution in [0.4, 0.5) is 5.69 Å². The lowest BCUT2D eigenvalue weighted by Gasteiger charge is -2.31. The summed E-state index contributed by atoms with van der Waals surface area (Å²) < 4.78 is 0. The average molecular weight is 415 g/mol. The van der Waals surface area contributed by atoms with Crippen LogP contribution in [0.25, 0.3) is 0 Å². The highest BCUT2D eigenvalue weighted by Gasteiger charge is 2.23. The number of benzene rings is 3. The minimum atomic E-state index is -0.190. The number of hydrogen-bond acceptors (Lipinski definition) is 3. The number of hydrogen-bond donors (Lipinski definition) is 2. The van der Waals surface area contributed by atoms with Gasteiger partial charge in [0.15, 0.2) is 0 Å². The van der Waals surface area contributed by atoms with Crippen molar-refractivity contribution in [3.05, 3.63) is 102 Å². The molecule has 1 aliphatic heterocycles. The predicted molar refractivity (Wildman–Crippen MR) is 126 cm³/mol. The maximum atomic E-state index is 13.0. The first-order valence-corrected chi connectivity index (χ1v) is 11.1. The number of carbonyl (C=O) groups is 1. The summed E-state index contributed by atoms with van der Waals surface area (Å²) in [4.78, 5) is 15.3. The molecule has 4 nitrogen and oxygen atoms in total. The molecular formula is C27H30N2O2. The molecule has 0 radical (unpaired) electrons. The van der Waals surface area contributed by atoms with Crippen molar-refractivity contribution in [3.63, 3.8) is 0 Å². The first-order chi connectivity index (χ1) is 15.1. The van der Waals surface area contributed by atoms with Crippen LogP contribution in [0.5, 0.6) is 0 Å². The first-order valence-electron chi connectivity index (χ1n) is 11.1. The van der Waals surface area contributed by atoms with Crippen LogP contribution in [-0.2, 0) is 0 Å². The van der Waals surface area contributed by atoms with Crippen molar-refractivity contribution in [1.29, 1.82) is 0 Å². The fourth-order valence-corrected chi connectivity index (χ4v) is 4.41. The number of aliphatic hydroxyl groups excluding tert-OH is 1. The van der Waals surface area contributed by atoms with Crippen LogP contribution < -0.4 is 10.2 Å². The number of nitrogens with one attached hydrogen (secondary N) is 1. The summed E-state index contributed by atoms with van der Waals surface area (Å²) in [5.74, 6) is 0.00961. The minimum Gasteiger partial charge on any atom is -0.393 e. The van der Waals surface area contributed by atoms with E-state index in [4.69, 9.17) is 0 Å². The van der Waals surface area contributed by atoms with E-state index in [2.05, 4.69) is 41.4 Å². The summed E-state index contributed by atoms with van der Waals surface area (Å²) in [5.41, 5.74) is 4.13. The first kappa shape index (κ1) is 21.1. The van der Waals surface area contributed by atoms with Crippen LogP contribution >= 0.6 is 0 Å². The Morgan fingerprint density at radius 3 is 1.90 bits per heavy atom. The maximum Gasteiger partial charge on any atom is 0.251 e. The Bertz CT molecular complexity index is 926. The van der Waals surface area contributed by atoms with Gasteiger partial charge in [0, 0.05) is 36.3 Å². The molecule has 2 N–H and O–H groups in total. The summed E-state index contributed by atoms with van der Waals surface area (Å²) in [5, 5.41) is 12.9. The molecule has 4 heteroatoms. The Morgan fingerprint density at radius 2 is 1.39 bits per heavy atom. The lowest BCUT2D eigenvalue weighted by Crippen LogP contribution is -2.37. The van der Waals surface area contributed by atoms with E-state index < -0.39 is 0 Å². The standard InChI is InChI=1S/C27H30N2O2/c1-20(26(21-8-4-2-5-9-21)22-10-6-3-7-11-22)28-27(31)23-12-14-24(15-13-23)29-18-16-25(30)17-19-29/h2-15,20,25-26,30H,16-19H2,1H3,(H,28,31). The monoisotopic (exact) mass is 414 g/mol. The van der Waals surface area contributed by atoms with E-state index >= 15 is 0 Å². The quantitative estimate of drug-likeness (QED) is 0.620. The van der Waals surface area contributed by atoms with Crippen molar-refractivity contribution in [3.8, 4) is 0 Å². The predicted octanol–water partition coefficient (Wildman–Crippen LogP) is 4.60. The largest absolute Gasteiger partial charge is 0.393 e. The Balaban J connectivity index is 1.47. The van der Waals surface area contributed by atoms with E-state index in [1.165, 1.54) is 11.1 Å². The topological polar surface area (TPSA) is 52.6 Å². The Hall–Kier alpha value is -3.11. The molecule has 0 saturated carbocycles. The molecule has 1 fully saturated rings. The van der Waals surface area contributed by atoms with Crippen molar-refractivity contribution in [2.45, 2.75) is 37.8 Å². The summed E-state index contributed by atoms with van der Waals surface area (Å²) in [7, 11) is 0. The van der Waals surface area contributed by atoms with Crippen LogP contribution in [0.2, 0.25) is 0 Å². The number of rotatable bonds is 6. The third-order valence-electron chi connectivity index (χ3n) is 6.14. The van der Waals surface area contributed by atoms with Crippen molar-refractivity contribution >= 4 is 11.6 Å². The zero-order valence-corrected chi connectivity index (χ0v) is 17.9. The molecule has 0 bridgehead atoms. The Morgan fingerprint density at radius 1 is 0.871 bits per heavy atom. The Kier molecular flexibility index (Phi) is 6.68. The highest BCUT2D eigenvalue weighted by molar-refractivity contribution is 5.94. The summed E-state index contributed by atoms with van der Waals surface area (Å²) in [6, 6.07) is 28.4. The number of carbonyl (C=O) groups excluding carboxylic acids is 1. The van der Waals surface area contributed by atoms with Crippen molar-refractivity contribution in [2.24, 2.45) is 0 Å². The molecule has 1 unspecified atom stereocenters. The number of anilines is 1. The molecule has 1 aliphatic rings. The number of aliphatic hydroxyl groups is 1. The van der Waals surface area contributed by atoms with Gasteiger partial charge in [-0.15, -0.1) is 0 Å². The van der Waals surface area contributed by atoms with Gasteiger partial charge in [-0.1, -0.05) is 60.7 Å². The van der Waals surface area contributed by atoms with Crippen LogP contribution in [0.15, 0.2) is 84.9 Å². The van der Waals surface area contributed by atoms with E-state index in [0.717, 1.165) is 31.6 Å². The number of nitrogens with zero attached hydrogens (tertiary/aromatic N) is 1. The molecule has 1 atom stereocenters. The number of amides is 1. The summed E-state index contributed by atoms with van der Waals surface area (Å²) >= 11 is 0. The highest BCUT2D eigenvalue weighted by Crippen LogP contribution is 2.28. The second-order valence-corrected chi connectivity index (χ2v) is 8.33. The van der Waals surface area contributed by atoms with Crippen LogP contribution in [0.3, 0.4) is 0 Å². The summed E-state index contributed by atoms with van der Waals surface area (Å²) in [6.45, 7) is 3.76. The SMILES string of the molecule is CC(NC(=O)c1ccc(N2CCC(O)CC2)cc1)C(c1ccccc1)c1ccccc1. The normalized spacial score (nSPS) is 15.6. The molecular weight excluding hydrogens is 384 g/mol. The molecule has 160 valence electrons. The van der Waals surface area contributed by atoms with Crippen molar-refractivity contribution in [2.75, 3.05) is 18.0 Å². The van der Waals surface area contributed by atoms with Gasteiger partial charge in [0.1, 0.15) is 0 Å². The smallest absolute Gasteiger partial charge is 0.251 e. The lowest BCUT2D eigenvalue weighted by atomic mass is 9.85. The van der Waals surface area contributed by atoms with Gasteiger partial charge in [-0.25, -0.2) is 0 Å². The van der Waals surface area contributed by atoms with Gasteiger partial charge < -0.3 is 15.3 Å². The maximum absolute atomic E-state index is 13.0. The lowest BCUT2D eigenvalue weighted by molar-refractivity contribution is 0.0937. The fraction of sp³-hybridized carbons (Fsp3) is 0.296. The van der Waals surface area contributed by atoms with Gasteiger partial charge in [0.25, 0.3) is 5.91 Å².